The van der Waals surface area contributed by atoms with Crippen molar-refractivity contribution in [3.63, 3.8) is 0 Å². The lowest BCUT2D eigenvalue weighted by Crippen LogP contribution is -2.57. The van der Waals surface area contributed by atoms with E-state index in [0.29, 0.717) is 42.2 Å². The van der Waals surface area contributed by atoms with Crippen molar-refractivity contribution in [1.29, 1.82) is 0 Å². The monoisotopic (exact) mass is 642 g/mol. The molecule has 11 heteroatoms. The van der Waals surface area contributed by atoms with Gasteiger partial charge in [0.2, 0.25) is 5.91 Å². The molecule has 0 radical (unpaired) electrons. The van der Waals surface area contributed by atoms with Crippen LogP contribution in [0.5, 0.6) is 0 Å². The Kier molecular flexibility index (Phi) is 8.08. The van der Waals surface area contributed by atoms with Crippen LogP contribution in [0.1, 0.15) is 23.7 Å². The number of hydrogen-bond acceptors (Lipinski definition) is 7. The van der Waals surface area contributed by atoms with Crippen LogP contribution in [0, 0.1) is 25.5 Å². The van der Waals surface area contributed by atoms with Gasteiger partial charge in [0.1, 0.15) is 22.3 Å². The first-order valence-corrected chi connectivity index (χ1v) is 16.5. The summed E-state index contributed by atoms with van der Waals surface area (Å²) in [4.78, 5) is 28.4. The lowest BCUT2D eigenvalue weighted by atomic mass is 10.0. The molecular formula is C35H36F2N6O2S. The number of aliphatic hydroxyl groups is 1. The minimum atomic E-state index is -0.393. The Morgan fingerprint density at radius 3 is 2.41 bits per heavy atom. The molecule has 1 amide bonds. The zero-order valence-electron chi connectivity index (χ0n) is 26.1. The van der Waals surface area contributed by atoms with Crippen LogP contribution in [0.2, 0.25) is 0 Å². The van der Waals surface area contributed by atoms with E-state index in [9.17, 15) is 14.3 Å². The van der Waals surface area contributed by atoms with Gasteiger partial charge in [-0.25, -0.2) is 18.7 Å². The average molecular weight is 643 g/mol. The number of piperazine rings is 1. The molecule has 3 aromatic heterocycles. The molecule has 5 aromatic rings. The normalized spacial score (nSPS) is 16.0. The van der Waals surface area contributed by atoms with Gasteiger partial charge < -0.3 is 14.9 Å². The number of anilines is 1. The number of imidazole rings is 1. The van der Waals surface area contributed by atoms with Crippen molar-refractivity contribution in [3.8, 4) is 33.1 Å². The summed E-state index contributed by atoms with van der Waals surface area (Å²) in [5, 5.41) is 12.1. The molecular weight excluding hydrogens is 606 g/mol. The van der Waals surface area contributed by atoms with Crippen molar-refractivity contribution in [2.24, 2.45) is 0 Å². The van der Waals surface area contributed by atoms with Crippen LogP contribution in [0.25, 0.3) is 38.7 Å². The van der Waals surface area contributed by atoms with E-state index in [4.69, 9.17) is 9.97 Å². The third-order valence-electron chi connectivity index (χ3n) is 9.12. The second-order valence-corrected chi connectivity index (χ2v) is 13.1. The Bertz CT molecular complexity index is 1920. The Balaban J connectivity index is 1.16. The molecule has 0 spiro atoms. The molecule has 2 saturated heterocycles. The number of aryl methyl sites for hydroxylation is 2. The topological polar surface area (TPSA) is 77.2 Å². The van der Waals surface area contributed by atoms with Crippen LogP contribution in [0.15, 0.2) is 54.0 Å². The first-order chi connectivity index (χ1) is 22.2. The summed E-state index contributed by atoms with van der Waals surface area (Å²) in [6, 6.07) is 12.1. The van der Waals surface area contributed by atoms with Crippen LogP contribution in [0.4, 0.5) is 14.5 Å². The first-order valence-electron chi connectivity index (χ1n) is 15.7. The van der Waals surface area contributed by atoms with Crippen LogP contribution in [0.3, 0.4) is 0 Å². The predicted molar refractivity (Wildman–Crippen MR) is 177 cm³/mol. The number of hydrogen-bond donors (Lipinski definition) is 1. The quantitative estimate of drug-likeness (QED) is 0.250. The van der Waals surface area contributed by atoms with Gasteiger partial charge in [0.05, 0.1) is 35.4 Å². The molecule has 1 N–H and O–H groups in total. The molecule has 2 fully saturated rings. The molecule has 238 valence electrons. The van der Waals surface area contributed by atoms with Crippen molar-refractivity contribution < 1.29 is 18.7 Å². The molecule has 2 aliphatic heterocycles. The van der Waals surface area contributed by atoms with Crippen LogP contribution in [-0.4, -0.2) is 87.1 Å². The van der Waals surface area contributed by atoms with E-state index in [2.05, 4.69) is 22.1 Å². The van der Waals surface area contributed by atoms with E-state index in [0.717, 1.165) is 71.3 Å². The summed E-state index contributed by atoms with van der Waals surface area (Å²) in [7, 11) is 0. The van der Waals surface area contributed by atoms with Gasteiger partial charge in [-0.3, -0.25) is 14.1 Å². The number of amides is 1. The molecule has 0 saturated carbocycles. The van der Waals surface area contributed by atoms with E-state index in [1.165, 1.54) is 23.5 Å². The third-order valence-corrected chi connectivity index (χ3v) is 10.00. The van der Waals surface area contributed by atoms with E-state index < -0.39 is 6.10 Å². The minimum Gasteiger partial charge on any atom is -0.389 e. The molecule has 2 aliphatic rings. The second kappa shape index (κ2) is 12.2. The first kappa shape index (κ1) is 30.5. The average Bonchev–Trinajstić information content (AvgIpc) is 3.67. The van der Waals surface area contributed by atoms with Crippen molar-refractivity contribution in [3.05, 3.63) is 82.5 Å². The zero-order chi connectivity index (χ0) is 32.1. The smallest absolute Gasteiger partial charge is 0.236 e. The van der Waals surface area contributed by atoms with Gasteiger partial charge in [-0.15, -0.1) is 11.3 Å². The number of fused-ring (bicyclic) bond motifs is 1. The molecule has 0 atom stereocenters. The predicted octanol–water partition coefficient (Wildman–Crippen LogP) is 5.57. The minimum absolute atomic E-state index is 0.0673. The van der Waals surface area contributed by atoms with Gasteiger partial charge >= 0.3 is 0 Å². The molecule has 0 unspecified atom stereocenters. The molecule has 8 nitrogen and oxygen atoms in total. The van der Waals surface area contributed by atoms with Crippen molar-refractivity contribution in [2.75, 3.05) is 50.7 Å². The highest BCUT2D eigenvalue weighted by atomic mass is 32.1. The van der Waals surface area contributed by atoms with E-state index in [-0.39, 0.29) is 17.5 Å². The summed E-state index contributed by atoms with van der Waals surface area (Å²) in [5.74, 6) is -0.536. The van der Waals surface area contributed by atoms with Crippen LogP contribution < -0.4 is 4.90 Å². The number of halogens is 2. The fourth-order valence-electron chi connectivity index (χ4n) is 6.41. The van der Waals surface area contributed by atoms with Crippen LogP contribution >= 0.6 is 11.3 Å². The Hall–Kier alpha value is -4.19. The van der Waals surface area contributed by atoms with Gasteiger partial charge in [-0.1, -0.05) is 13.0 Å². The molecule has 7 rings (SSSR count). The lowest BCUT2D eigenvalue weighted by molar-refractivity contribution is -0.142. The number of rotatable bonds is 7. The van der Waals surface area contributed by atoms with Crippen molar-refractivity contribution >= 4 is 28.6 Å². The summed E-state index contributed by atoms with van der Waals surface area (Å²) in [5.41, 5.74) is 7.71. The van der Waals surface area contributed by atoms with Crippen molar-refractivity contribution in [1.82, 2.24) is 24.2 Å². The molecule has 0 bridgehead atoms. The molecule has 0 aliphatic carbocycles. The fraction of sp³-hybridized carbons (Fsp3) is 0.343. The zero-order valence-corrected chi connectivity index (χ0v) is 26.9. The number of aliphatic hydroxyl groups excluding tert-OH is 1. The maximum atomic E-state index is 16.4. The highest BCUT2D eigenvalue weighted by molar-refractivity contribution is 7.13. The molecule has 46 heavy (non-hydrogen) atoms. The van der Waals surface area contributed by atoms with Gasteiger partial charge in [-0.2, -0.15) is 0 Å². The van der Waals surface area contributed by atoms with Crippen LogP contribution in [-0.2, 0) is 11.2 Å². The maximum absolute atomic E-state index is 16.4. The number of likely N-dealkylation sites (tertiary alicyclic amines) is 1. The SMILES string of the molecule is CCc1nc2c(C)cc(N3CCN(CC(=O)N4CC(O)C4)CC3)cn2c1-c1ccc(-c2nc(-c3ccc(F)cc3)cs2)c(C)c1F. The number of carbonyl (C=O) groups excluding carboxylic acids is 1. The van der Waals surface area contributed by atoms with Crippen molar-refractivity contribution in [2.45, 2.75) is 33.3 Å². The van der Waals surface area contributed by atoms with Gasteiger partial charge in [0.25, 0.3) is 0 Å². The number of aromatic nitrogens is 3. The highest BCUT2D eigenvalue weighted by Crippen LogP contribution is 2.37. The maximum Gasteiger partial charge on any atom is 0.236 e. The number of pyridine rings is 1. The fourth-order valence-corrected chi connectivity index (χ4v) is 7.32. The Labute approximate surface area is 270 Å². The van der Waals surface area contributed by atoms with Gasteiger partial charge in [-0.05, 0) is 67.8 Å². The summed E-state index contributed by atoms with van der Waals surface area (Å²) < 4.78 is 31.8. The number of nitrogens with zero attached hydrogens (tertiary/aromatic N) is 6. The van der Waals surface area contributed by atoms with E-state index in [1.807, 2.05) is 35.8 Å². The summed E-state index contributed by atoms with van der Waals surface area (Å²) >= 11 is 1.44. The third kappa shape index (κ3) is 5.56. The largest absolute Gasteiger partial charge is 0.389 e. The van der Waals surface area contributed by atoms with E-state index >= 15 is 4.39 Å². The Morgan fingerprint density at radius 2 is 1.72 bits per heavy atom. The molecule has 2 aromatic carbocycles. The van der Waals surface area contributed by atoms with Gasteiger partial charge in [0, 0.05) is 67.5 Å². The lowest BCUT2D eigenvalue weighted by Gasteiger charge is -2.39. The Morgan fingerprint density at radius 1 is 1.00 bits per heavy atom. The number of carbonyl (C=O) groups is 1. The van der Waals surface area contributed by atoms with E-state index in [1.54, 1.807) is 24.0 Å². The summed E-state index contributed by atoms with van der Waals surface area (Å²) in [6.45, 7) is 10.1. The number of β-amino-alcohol motifs (C(OH)–C–C–N with tert-alkyl or cyclic N) is 1. The highest BCUT2D eigenvalue weighted by Gasteiger charge is 2.30. The number of benzene rings is 2. The van der Waals surface area contributed by atoms with Gasteiger partial charge in [0.15, 0.2) is 0 Å². The second-order valence-electron chi connectivity index (χ2n) is 12.2. The number of thiazole rings is 1. The molecule has 5 heterocycles. The standard InChI is InChI=1S/C35H36F2N6O2S/c1-4-29-33(28-10-9-27(22(3)32(28)37)35-39-30(20-46-35)23-5-7-24(36)8-6-23)43-16-25(15-21(2)34(43)38-29)41-13-11-40(12-14-41)19-31(45)42-17-26(44)18-42/h5-10,15-16,20,26,44H,4,11-14,17-19H2,1-3H3. The summed E-state index contributed by atoms with van der Waals surface area (Å²) in [6.07, 6.45) is 2.32.